The largest absolute Gasteiger partial charge is 0.479 e. The maximum absolute atomic E-state index is 12.1. The fraction of sp³-hybridized carbons (Fsp3) is 0.235. The zero-order chi connectivity index (χ0) is 15.1. The predicted molar refractivity (Wildman–Crippen MR) is 81.8 cm³/mol. The molecule has 0 saturated heterocycles. The summed E-state index contributed by atoms with van der Waals surface area (Å²) in [5.41, 5.74) is 7.24. The summed E-state index contributed by atoms with van der Waals surface area (Å²) in [6.07, 6.45) is -0.0990. The molecule has 2 aromatic rings. The smallest absolute Gasteiger partial charge is 0.347 e. The highest BCUT2D eigenvalue weighted by Gasteiger charge is 2.20. The number of hydrogen-bond donors (Lipinski definition) is 1. The molecule has 4 nitrogen and oxygen atoms in total. The van der Waals surface area contributed by atoms with Gasteiger partial charge in [0.15, 0.2) is 6.10 Å². The van der Waals surface area contributed by atoms with Gasteiger partial charge in [-0.25, -0.2) is 4.79 Å². The molecule has 0 bridgehead atoms. The van der Waals surface area contributed by atoms with Gasteiger partial charge in [-0.1, -0.05) is 43.3 Å². The van der Waals surface area contributed by atoms with Crippen LogP contribution in [0.1, 0.15) is 18.9 Å². The molecule has 21 heavy (non-hydrogen) atoms. The monoisotopic (exact) mass is 285 g/mol. The number of nitrogens with two attached hydrogens (primary N) is 1. The summed E-state index contributed by atoms with van der Waals surface area (Å²) < 4.78 is 10.9. The van der Waals surface area contributed by atoms with Crippen LogP contribution in [0.5, 0.6) is 5.75 Å². The molecule has 1 unspecified atom stereocenters. The van der Waals surface area contributed by atoms with E-state index in [1.54, 1.807) is 24.3 Å². The first-order valence-electron chi connectivity index (χ1n) is 6.92. The van der Waals surface area contributed by atoms with Crippen LogP contribution < -0.4 is 10.5 Å². The van der Waals surface area contributed by atoms with Gasteiger partial charge in [0, 0.05) is 11.8 Å². The Morgan fingerprint density at radius 3 is 2.57 bits per heavy atom. The molecule has 2 N–H and O–H groups in total. The lowest BCUT2D eigenvalue weighted by atomic mass is 10.2. The van der Waals surface area contributed by atoms with E-state index in [2.05, 4.69) is 0 Å². The van der Waals surface area contributed by atoms with Crippen LogP contribution in [-0.4, -0.2) is 12.1 Å². The van der Waals surface area contributed by atoms with Crippen molar-refractivity contribution in [3.05, 3.63) is 60.2 Å². The molecule has 0 spiro atoms. The summed E-state index contributed by atoms with van der Waals surface area (Å²) in [7, 11) is 0. The number of esters is 1. The van der Waals surface area contributed by atoms with Crippen molar-refractivity contribution in [2.45, 2.75) is 26.1 Å². The Bertz CT molecular complexity index is 584. The van der Waals surface area contributed by atoms with Gasteiger partial charge in [0.05, 0.1) is 0 Å². The van der Waals surface area contributed by atoms with Crippen molar-refractivity contribution in [2.75, 3.05) is 5.73 Å². The van der Waals surface area contributed by atoms with Gasteiger partial charge >= 0.3 is 5.97 Å². The van der Waals surface area contributed by atoms with Crippen molar-refractivity contribution in [2.24, 2.45) is 0 Å². The summed E-state index contributed by atoms with van der Waals surface area (Å²) in [5, 5.41) is 0. The molecule has 4 heteroatoms. The fourth-order valence-electron chi connectivity index (χ4n) is 1.87. The van der Waals surface area contributed by atoms with E-state index in [4.69, 9.17) is 15.2 Å². The van der Waals surface area contributed by atoms with Gasteiger partial charge in [-0.2, -0.15) is 0 Å². The van der Waals surface area contributed by atoms with Crippen LogP contribution in [0.15, 0.2) is 54.6 Å². The van der Waals surface area contributed by atoms with Crippen molar-refractivity contribution in [3.63, 3.8) is 0 Å². The van der Waals surface area contributed by atoms with Crippen LogP contribution >= 0.6 is 0 Å². The third-order valence-electron chi connectivity index (χ3n) is 2.99. The van der Waals surface area contributed by atoms with E-state index in [1.807, 2.05) is 37.3 Å². The first kappa shape index (κ1) is 14.9. The summed E-state index contributed by atoms with van der Waals surface area (Å²) in [6.45, 7) is 2.12. The minimum atomic E-state index is -0.629. The van der Waals surface area contributed by atoms with Crippen LogP contribution in [0.25, 0.3) is 0 Å². The van der Waals surface area contributed by atoms with Gasteiger partial charge < -0.3 is 15.2 Å². The molecule has 0 aliphatic carbocycles. The van der Waals surface area contributed by atoms with Gasteiger partial charge in [-0.05, 0) is 24.1 Å². The maximum atomic E-state index is 12.1. The summed E-state index contributed by atoms with van der Waals surface area (Å²) >= 11 is 0. The quantitative estimate of drug-likeness (QED) is 0.654. The standard InChI is InChI=1S/C17H19NO3/c1-2-16(21-15-10-6-9-14(18)11-15)17(19)20-12-13-7-4-3-5-8-13/h3-11,16H,2,12,18H2,1H3. The predicted octanol–water partition coefficient (Wildman–Crippen LogP) is 3.17. The Labute approximate surface area is 124 Å². The average Bonchev–Trinajstić information content (AvgIpc) is 2.51. The molecule has 1 atom stereocenters. The first-order chi connectivity index (χ1) is 10.2. The van der Waals surface area contributed by atoms with Crippen molar-refractivity contribution in [3.8, 4) is 5.75 Å². The molecule has 0 amide bonds. The van der Waals surface area contributed by atoms with Crippen LogP contribution in [0, 0.1) is 0 Å². The van der Waals surface area contributed by atoms with Crippen LogP contribution in [0.2, 0.25) is 0 Å². The SMILES string of the molecule is CCC(Oc1cccc(N)c1)C(=O)OCc1ccccc1. The normalized spacial score (nSPS) is 11.7. The lowest BCUT2D eigenvalue weighted by Crippen LogP contribution is -2.28. The maximum Gasteiger partial charge on any atom is 0.347 e. The van der Waals surface area contributed by atoms with Gasteiger partial charge in [-0.15, -0.1) is 0 Å². The number of anilines is 1. The molecule has 2 aromatic carbocycles. The van der Waals surface area contributed by atoms with Crippen molar-refractivity contribution < 1.29 is 14.3 Å². The van der Waals surface area contributed by atoms with Gasteiger partial charge in [0.1, 0.15) is 12.4 Å². The van der Waals surface area contributed by atoms with Gasteiger partial charge in [-0.3, -0.25) is 0 Å². The second kappa shape index (κ2) is 7.33. The zero-order valence-corrected chi connectivity index (χ0v) is 12.0. The highest BCUT2D eigenvalue weighted by atomic mass is 16.6. The molecular formula is C17H19NO3. The molecule has 0 fully saturated rings. The second-order valence-electron chi connectivity index (χ2n) is 4.68. The van der Waals surface area contributed by atoms with Crippen molar-refractivity contribution >= 4 is 11.7 Å². The topological polar surface area (TPSA) is 61.5 Å². The number of benzene rings is 2. The third kappa shape index (κ3) is 4.53. The lowest BCUT2D eigenvalue weighted by molar-refractivity contribution is -0.153. The number of carbonyl (C=O) groups excluding carboxylic acids is 1. The molecule has 2 rings (SSSR count). The van der Waals surface area contributed by atoms with E-state index in [0.29, 0.717) is 17.9 Å². The van der Waals surface area contributed by atoms with Crippen LogP contribution in [0.3, 0.4) is 0 Å². The van der Waals surface area contributed by atoms with E-state index in [1.165, 1.54) is 0 Å². The Morgan fingerprint density at radius 1 is 1.14 bits per heavy atom. The number of carbonyl (C=O) groups is 1. The van der Waals surface area contributed by atoms with Crippen molar-refractivity contribution in [1.29, 1.82) is 0 Å². The molecule has 0 heterocycles. The Kier molecular flexibility index (Phi) is 5.21. The van der Waals surface area contributed by atoms with E-state index < -0.39 is 6.10 Å². The Hall–Kier alpha value is -2.49. The van der Waals surface area contributed by atoms with E-state index in [-0.39, 0.29) is 12.6 Å². The molecular weight excluding hydrogens is 266 g/mol. The minimum Gasteiger partial charge on any atom is -0.479 e. The molecule has 0 aliphatic heterocycles. The third-order valence-corrected chi connectivity index (χ3v) is 2.99. The summed E-state index contributed by atoms with van der Waals surface area (Å²) in [6, 6.07) is 16.6. The van der Waals surface area contributed by atoms with Crippen LogP contribution in [-0.2, 0) is 16.1 Å². The zero-order valence-electron chi connectivity index (χ0n) is 12.0. The summed E-state index contributed by atoms with van der Waals surface area (Å²) in [5.74, 6) is 0.197. The molecule has 110 valence electrons. The van der Waals surface area contributed by atoms with Gasteiger partial charge in [0.2, 0.25) is 0 Å². The molecule has 0 aliphatic rings. The van der Waals surface area contributed by atoms with Crippen molar-refractivity contribution in [1.82, 2.24) is 0 Å². The highest BCUT2D eigenvalue weighted by molar-refractivity contribution is 5.75. The molecule has 0 aromatic heterocycles. The number of ether oxygens (including phenoxy) is 2. The molecule has 0 radical (unpaired) electrons. The first-order valence-corrected chi connectivity index (χ1v) is 6.92. The van der Waals surface area contributed by atoms with E-state index >= 15 is 0 Å². The van der Waals surface area contributed by atoms with E-state index in [9.17, 15) is 4.79 Å². The van der Waals surface area contributed by atoms with Crippen LogP contribution in [0.4, 0.5) is 5.69 Å². The summed E-state index contributed by atoms with van der Waals surface area (Å²) in [4.78, 5) is 12.1. The Morgan fingerprint density at radius 2 is 1.90 bits per heavy atom. The minimum absolute atomic E-state index is 0.246. The fourth-order valence-corrected chi connectivity index (χ4v) is 1.87. The number of hydrogen-bond acceptors (Lipinski definition) is 4. The Balaban J connectivity index is 1.92. The lowest BCUT2D eigenvalue weighted by Gasteiger charge is -2.16. The average molecular weight is 285 g/mol. The molecule has 0 saturated carbocycles. The van der Waals surface area contributed by atoms with Gasteiger partial charge in [0.25, 0.3) is 0 Å². The highest BCUT2D eigenvalue weighted by Crippen LogP contribution is 2.17. The number of nitrogen functional groups attached to an aromatic ring is 1. The van der Waals surface area contributed by atoms with E-state index in [0.717, 1.165) is 5.56 Å². The second-order valence-corrected chi connectivity index (χ2v) is 4.68. The number of rotatable bonds is 6.